The summed E-state index contributed by atoms with van der Waals surface area (Å²) in [6, 6.07) is 13.4. The van der Waals surface area contributed by atoms with E-state index in [0.29, 0.717) is 23.8 Å². The van der Waals surface area contributed by atoms with Crippen LogP contribution in [0.4, 0.5) is 21.9 Å². The first-order valence-corrected chi connectivity index (χ1v) is 12.3. The molecule has 35 heavy (non-hydrogen) atoms. The molecule has 0 unspecified atom stereocenters. The molecule has 1 fully saturated rings. The van der Waals surface area contributed by atoms with Crippen molar-refractivity contribution in [1.82, 2.24) is 5.32 Å². The highest BCUT2D eigenvalue weighted by Gasteiger charge is 2.33. The highest BCUT2D eigenvalue weighted by molar-refractivity contribution is 6.03. The summed E-state index contributed by atoms with van der Waals surface area (Å²) in [5, 5.41) is 8.55. The van der Waals surface area contributed by atoms with Crippen molar-refractivity contribution in [3.05, 3.63) is 54.1 Å². The molecule has 1 heterocycles. The maximum atomic E-state index is 13.0. The van der Waals surface area contributed by atoms with Crippen LogP contribution >= 0.6 is 0 Å². The number of rotatable bonds is 4. The number of para-hydroxylation sites is 2. The van der Waals surface area contributed by atoms with E-state index >= 15 is 0 Å². The second kappa shape index (κ2) is 10.4. The fourth-order valence-electron chi connectivity index (χ4n) is 4.66. The number of fused-ring (bicyclic) bond motifs is 1. The minimum Gasteiger partial charge on any atom is -0.456 e. The summed E-state index contributed by atoms with van der Waals surface area (Å²) in [4.78, 5) is 40.5. The number of carbonyl (C=O) groups excluding carboxylic acids is 3. The molecule has 0 radical (unpaired) electrons. The monoisotopic (exact) mass is 478 g/mol. The predicted octanol–water partition coefficient (Wildman–Crippen LogP) is 4.92. The average Bonchev–Trinajstić information content (AvgIpc) is 2.95. The number of carbonyl (C=O) groups is 3. The van der Waals surface area contributed by atoms with Gasteiger partial charge in [0.25, 0.3) is 0 Å². The first kappa shape index (κ1) is 24.6. The van der Waals surface area contributed by atoms with Crippen molar-refractivity contribution in [2.24, 2.45) is 0 Å². The maximum absolute atomic E-state index is 13.0. The van der Waals surface area contributed by atoms with E-state index in [1.807, 2.05) is 24.3 Å². The lowest BCUT2D eigenvalue weighted by Gasteiger charge is -2.37. The Bertz CT molecular complexity index is 1090. The van der Waals surface area contributed by atoms with Gasteiger partial charge in [-0.25, -0.2) is 9.59 Å². The zero-order chi connectivity index (χ0) is 25.0. The topological polar surface area (TPSA) is 99.8 Å². The number of nitrogens with zero attached hydrogens (tertiary/aromatic N) is 1. The van der Waals surface area contributed by atoms with E-state index in [9.17, 15) is 14.4 Å². The fourth-order valence-corrected chi connectivity index (χ4v) is 4.66. The standard InChI is InChI=1S/C27H34N4O4/c1-27(2,3)35-25(33)18-10-9-11-19(16-18)28-26(34)30-22-17-31(20-12-5-4-6-13-20)23-15-8-7-14-21(23)29-24(22)32/h7-11,14-16,20,22H,4-6,12-13,17H2,1-3H3,(H,29,32)(H2,28,30,34)/t22-/m1/s1. The number of urea groups is 1. The van der Waals surface area contributed by atoms with Gasteiger partial charge in [-0.2, -0.15) is 0 Å². The molecule has 1 aliphatic carbocycles. The Labute approximate surface area is 206 Å². The molecule has 2 aliphatic rings. The normalized spacial score (nSPS) is 18.7. The zero-order valence-electron chi connectivity index (χ0n) is 20.6. The third-order valence-corrected chi connectivity index (χ3v) is 6.24. The first-order chi connectivity index (χ1) is 16.7. The molecule has 3 N–H and O–H groups in total. The van der Waals surface area contributed by atoms with Crippen molar-refractivity contribution >= 4 is 35.0 Å². The van der Waals surface area contributed by atoms with E-state index < -0.39 is 23.6 Å². The van der Waals surface area contributed by atoms with Gasteiger partial charge in [-0.15, -0.1) is 0 Å². The van der Waals surface area contributed by atoms with Crippen LogP contribution in [0.5, 0.6) is 0 Å². The molecule has 3 amide bonds. The highest BCUT2D eigenvalue weighted by atomic mass is 16.6. The second-order valence-corrected chi connectivity index (χ2v) is 10.2. The van der Waals surface area contributed by atoms with Crippen LogP contribution in [0, 0.1) is 0 Å². The molecular formula is C27H34N4O4. The number of benzene rings is 2. The summed E-state index contributed by atoms with van der Waals surface area (Å²) in [7, 11) is 0. The molecule has 4 rings (SSSR count). The molecule has 2 aromatic carbocycles. The Hall–Kier alpha value is -3.55. The van der Waals surface area contributed by atoms with Gasteiger partial charge in [0.15, 0.2) is 0 Å². The van der Waals surface area contributed by atoms with Crippen molar-refractivity contribution in [2.45, 2.75) is 70.6 Å². The smallest absolute Gasteiger partial charge is 0.338 e. The van der Waals surface area contributed by atoms with Gasteiger partial charge >= 0.3 is 12.0 Å². The number of amides is 3. The number of hydrogen-bond donors (Lipinski definition) is 3. The largest absolute Gasteiger partial charge is 0.456 e. The van der Waals surface area contributed by atoms with E-state index in [-0.39, 0.29) is 5.91 Å². The summed E-state index contributed by atoms with van der Waals surface area (Å²) in [5.41, 5.74) is 1.91. The van der Waals surface area contributed by atoms with Gasteiger partial charge in [0.1, 0.15) is 11.6 Å². The SMILES string of the molecule is CC(C)(C)OC(=O)c1cccc(NC(=O)N[C@@H]2CN(C3CCCCC3)c3ccccc3NC2=O)c1. The molecule has 1 atom stereocenters. The Morgan fingerprint density at radius 1 is 1.03 bits per heavy atom. The first-order valence-electron chi connectivity index (χ1n) is 12.3. The van der Waals surface area contributed by atoms with E-state index in [1.165, 1.54) is 6.42 Å². The quantitative estimate of drug-likeness (QED) is 0.542. The molecule has 8 heteroatoms. The molecule has 2 aromatic rings. The van der Waals surface area contributed by atoms with Crippen molar-refractivity contribution in [3.8, 4) is 0 Å². The molecule has 1 aliphatic heterocycles. The van der Waals surface area contributed by atoms with Crippen LogP contribution in [-0.4, -0.2) is 42.1 Å². The van der Waals surface area contributed by atoms with E-state index in [4.69, 9.17) is 4.74 Å². The van der Waals surface area contributed by atoms with Gasteiger partial charge in [-0.1, -0.05) is 37.5 Å². The van der Waals surface area contributed by atoms with Crippen LogP contribution in [0.3, 0.4) is 0 Å². The van der Waals surface area contributed by atoms with Gasteiger partial charge in [-0.05, 0) is 63.9 Å². The Morgan fingerprint density at radius 2 is 1.77 bits per heavy atom. The number of nitrogens with one attached hydrogen (secondary N) is 3. The van der Waals surface area contributed by atoms with Crippen molar-refractivity contribution in [2.75, 3.05) is 22.1 Å². The lowest BCUT2D eigenvalue weighted by molar-refractivity contribution is -0.117. The Morgan fingerprint density at radius 3 is 2.51 bits per heavy atom. The number of anilines is 3. The molecule has 0 saturated heterocycles. The molecule has 0 bridgehead atoms. The van der Waals surface area contributed by atoms with E-state index in [2.05, 4.69) is 20.9 Å². The van der Waals surface area contributed by atoms with Gasteiger partial charge in [0.05, 0.1) is 16.9 Å². The number of esters is 1. The highest BCUT2D eigenvalue weighted by Crippen LogP contribution is 2.34. The Kier molecular flexibility index (Phi) is 7.28. The van der Waals surface area contributed by atoms with Crippen LogP contribution in [-0.2, 0) is 9.53 Å². The molecular weight excluding hydrogens is 444 g/mol. The third kappa shape index (κ3) is 6.32. The fraction of sp³-hybridized carbons (Fsp3) is 0.444. The summed E-state index contributed by atoms with van der Waals surface area (Å²) < 4.78 is 5.41. The van der Waals surface area contributed by atoms with Gasteiger partial charge in [0.2, 0.25) is 5.91 Å². The predicted molar refractivity (Wildman–Crippen MR) is 137 cm³/mol. The van der Waals surface area contributed by atoms with Crippen LogP contribution in [0.1, 0.15) is 63.2 Å². The van der Waals surface area contributed by atoms with E-state index in [0.717, 1.165) is 37.1 Å². The molecule has 1 saturated carbocycles. The average molecular weight is 479 g/mol. The maximum Gasteiger partial charge on any atom is 0.338 e. The van der Waals surface area contributed by atoms with Gasteiger partial charge < -0.3 is 25.6 Å². The second-order valence-electron chi connectivity index (χ2n) is 10.2. The lowest BCUT2D eigenvalue weighted by atomic mass is 9.93. The van der Waals surface area contributed by atoms with Crippen molar-refractivity contribution < 1.29 is 19.1 Å². The molecule has 186 valence electrons. The molecule has 8 nitrogen and oxygen atoms in total. The van der Waals surface area contributed by atoms with Crippen molar-refractivity contribution in [3.63, 3.8) is 0 Å². The molecule has 0 spiro atoms. The summed E-state index contributed by atoms with van der Waals surface area (Å²) in [6.45, 7) is 5.78. The van der Waals surface area contributed by atoms with Crippen LogP contribution in [0.25, 0.3) is 0 Å². The molecule has 0 aromatic heterocycles. The number of ether oxygens (including phenoxy) is 1. The minimum absolute atomic E-state index is 0.256. The number of hydrogen-bond acceptors (Lipinski definition) is 5. The lowest BCUT2D eigenvalue weighted by Crippen LogP contribution is -2.52. The van der Waals surface area contributed by atoms with Crippen LogP contribution < -0.4 is 20.9 Å². The van der Waals surface area contributed by atoms with Crippen LogP contribution in [0.2, 0.25) is 0 Å². The summed E-state index contributed by atoms with van der Waals surface area (Å²) in [6.07, 6.45) is 5.70. The van der Waals surface area contributed by atoms with Crippen LogP contribution in [0.15, 0.2) is 48.5 Å². The van der Waals surface area contributed by atoms with Crippen molar-refractivity contribution in [1.29, 1.82) is 0 Å². The third-order valence-electron chi connectivity index (χ3n) is 6.24. The van der Waals surface area contributed by atoms with Gasteiger partial charge in [0, 0.05) is 18.3 Å². The van der Waals surface area contributed by atoms with Gasteiger partial charge in [-0.3, -0.25) is 4.79 Å². The summed E-state index contributed by atoms with van der Waals surface area (Å²) in [5.74, 6) is -0.723. The zero-order valence-corrected chi connectivity index (χ0v) is 20.6. The Balaban J connectivity index is 1.47. The minimum atomic E-state index is -0.738. The summed E-state index contributed by atoms with van der Waals surface area (Å²) >= 11 is 0. The van der Waals surface area contributed by atoms with E-state index in [1.54, 1.807) is 45.0 Å².